The summed E-state index contributed by atoms with van der Waals surface area (Å²) in [6, 6.07) is 0. The molecule has 19 heavy (non-hydrogen) atoms. The lowest BCUT2D eigenvalue weighted by molar-refractivity contribution is -0.137. The summed E-state index contributed by atoms with van der Waals surface area (Å²) < 4.78 is 5.27. The van der Waals surface area contributed by atoms with Gasteiger partial charge in [0.25, 0.3) is 0 Å². The molecule has 0 aromatic rings. The molecule has 2 aliphatic rings. The summed E-state index contributed by atoms with van der Waals surface area (Å²) in [5.41, 5.74) is 0. The van der Waals surface area contributed by atoms with Crippen LogP contribution in [0.4, 0.5) is 0 Å². The average molecular weight is 269 g/mol. The molecule has 0 saturated carbocycles. The fraction of sp³-hybridized carbons (Fsp3) is 0.846. The first-order chi connectivity index (χ1) is 9.25. The summed E-state index contributed by atoms with van der Waals surface area (Å²) in [6.07, 6.45) is 2.54. The quantitative estimate of drug-likeness (QED) is 0.727. The summed E-state index contributed by atoms with van der Waals surface area (Å²) in [7, 11) is 0. The molecule has 0 aliphatic carbocycles. The Morgan fingerprint density at radius 3 is 2.74 bits per heavy atom. The molecule has 2 fully saturated rings. The number of nitrogens with zero attached hydrogens (tertiary/aromatic N) is 2. The Morgan fingerprint density at radius 1 is 1.21 bits per heavy atom. The predicted octanol–water partition coefficient (Wildman–Crippen LogP) is -0.553. The first kappa shape index (κ1) is 14.3. The van der Waals surface area contributed by atoms with Crippen molar-refractivity contribution in [2.45, 2.75) is 19.3 Å². The van der Waals surface area contributed by atoms with Gasteiger partial charge in [-0.25, -0.2) is 0 Å². The second-order valence-electron chi connectivity index (χ2n) is 5.08. The summed E-state index contributed by atoms with van der Waals surface area (Å²) in [4.78, 5) is 27.3. The molecule has 0 aromatic carbocycles. The molecular formula is C13H23N3O3. The van der Waals surface area contributed by atoms with E-state index < -0.39 is 0 Å². The molecule has 2 heterocycles. The molecule has 0 radical (unpaired) electrons. The zero-order chi connectivity index (χ0) is 13.5. The molecule has 2 rings (SSSR count). The summed E-state index contributed by atoms with van der Waals surface area (Å²) in [5, 5.41) is 2.88. The second kappa shape index (κ2) is 7.45. The van der Waals surface area contributed by atoms with E-state index in [4.69, 9.17) is 4.74 Å². The lowest BCUT2D eigenvalue weighted by Crippen LogP contribution is -2.45. The van der Waals surface area contributed by atoms with E-state index in [0.29, 0.717) is 13.0 Å². The van der Waals surface area contributed by atoms with Crippen molar-refractivity contribution in [3.05, 3.63) is 0 Å². The number of carbonyl (C=O) groups excluding carboxylic acids is 2. The van der Waals surface area contributed by atoms with Crippen molar-refractivity contribution >= 4 is 11.8 Å². The zero-order valence-corrected chi connectivity index (χ0v) is 11.4. The molecule has 0 aromatic heterocycles. The van der Waals surface area contributed by atoms with E-state index in [1.807, 2.05) is 0 Å². The van der Waals surface area contributed by atoms with Gasteiger partial charge < -0.3 is 15.0 Å². The Kier molecular flexibility index (Phi) is 5.60. The van der Waals surface area contributed by atoms with Crippen molar-refractivity contribution < 1.29 is 14.3 Å². The monoisotopic (exact) mass is 269 g/mol. The van der Waals surface area contributed by atoms with Crippen molar-refractivity contribution in [3.8, 4) is 0 Å². The fourth-order valence-electron chi connectivity index (χ4n) is 2.44. The molecule has 6 heteroatoms. The second-order valence-corrected chi connectivity index (χ2v) is 5.08. The Labute approximate surface area is 114 Å². The molecule has 0 atom stereocenters. The van der Waals surface area contributed by atoms with Gasteiger partial charge in [0, 0.05) is 39.1 Å². The van der Waals surface area contributed by atoms with Crippen molar-refractivity contribution in [2.24, 2.45) is 0 Å². The number of carbonyl (C=O) groups is 2. The summed E-state index contributed by atoms with van der Waals surface area (Å²) in [5.74, 6) is 0.0538. The van der Waals surface area contributed by atoms with Crippen molar-refractivity contribution in [1.29, 1.82) is 0 Å². The number of likely N-dealkylation sites (tertiary alicyclic amines) is 1. The highest BCUT2D eigenvalue weighted by Crippen LogP contribution is 2.09. The van der Waals surface area contributed by atoms with Gasteiger partial charge in [-0.2, -0.15) is 0 Å². The average Bonchev–Trinajstić information content (AvgIpc) is 2.43. The maximum Gasteiger partial charge on any atom is 0.239 e. The molecule has 2 aliphatic heterocycles. The molecule has 0 spiro atoms. The normalized spacial score (nSPS) is 21.5. The number of ether oxygens (including phenoxy) is 1. The van der Waals surface area contributed by atoms with Gasteiger partial charge in [-0.15, -0.1) is 0 Å². The molecule has 1 N–H and O–H groups in total. The van der Waals surface area contributed by atoms with E-state index >= 15 is 0 Å². The number of piperidine rings is 1. The smallest absolute Gasteiger partial charge is 0.239 e. The number of morpholine rings is 1. The van der Waals surface area contributed by atoms with Crippen LogP contribution in [0.2, 0.25) is 0 Å². The van der Waals surface area contributed by atoms with E-state index in [1.165, 1.54) is 0 Å². The number of hydrogen-bond acceptors (Lipinski definition) is 4. The third-order valence-electron chi connectivity index (χ3n) is 3.61. The highest BCUT2D eigenvalue weighted by Gasteiger charge is 2.20. The van der Waals surface area contributed by atoms with Crippen LogP contribution >= 0.6 is 0 Å². The van der Waals surface area contributed by atoms with Gasteiger partial charge >= 0.3 is 0 Å². The van der Waals surface area contributed by atoms with Crippen molar-refractivity contribution in [2.75, 3.05) is 52.5 Å². The minimum Gasteiger partial charge on any atom is -0.379 e. The third kappa shape index (κ3) is 4.80. The van der Waals surface area contributed by atoms with Crippen LogP contribution in [0.15, 0.2) is 0 Å². The lowest BCUT2D eigenvalue weighted by atomic mass is 10.1. The predicted molar refractivity (Wildman–Crippen MR) is 70.7 cm³/mol. The molecule has 2 amide bonds. The third-order valence-corrected chi connectivity index (χ3v) is 3.61. The van der Waals surface area contributed by atoms with Gasteiger partial charge in [-0.1, -0.05) is 0 Å². The molecule has 0 bridgehead atoms. The number of nitrogens with one attached hydrogen (secondary N) is 1. The van der Waals surface area contributed by atoms with Gasteiger partial charge in [0.15, 0.2) is 0 Å². The minimum absolute atomic E-state index is 0.0523. The van der Waals surface area contributed by atoms with Crippen LogP contribution in [0, 0.1) is 0 Å². The van der Waals surface area contributed by atoms with E-state index in [2.05, 4.69) is 10.2 Å². The maximum atomic E-state index is 11.8. The van der Waals surface area contributed by atoms with Crippen LogP contribution in [0.1, 0.15) is 19.3 Å². The Bertz CT molecular complexity index is 316. The van der Waals surface area contributed by atoms with Gasteiger partial charge in [0.1, 0.15) is 0 Å². The van der Waals surface area contributed by atoms with Crippen LogP contribution in [0.3, 0.4) is 0 Å². The Morgan fingerprint density at radius 2 is 2.00 bits per heavy atom. The van der Waals surface area contributed by atoms with Gasteiger partial charge in [-0.3, -0.25) is 14.5 Å². The van der Waals surface area contributed by atoms with Crippen LogP contribution < -0.4 is 5.32 Å². The maximum absolute atomic E-state index is 11.8. The van der Waals surface area contributed by atoms with Crippen LogP contribution in [-0.2, 0) is 14.3 Å². The standard InChI is InChI=1S/C13H23N3O3/c17-12(11-16-5-2-1-3-13(16)18)14-4-6-15-7-9-19-10-8-15/h1-11H2,(H,14,17). The minimum atomic E-state index is -0.0523. The SMILES string of the molecule is O=C(CN1CCCCC1=O)NCCN1CCOCC1. The van der Waals surface area contributed by atoms with Crippen LogP contribution in [-0.4, -0.2) is 74.1 Å². The van der Waals surface area contributed by atoms with Gasteiger partial charge in [0.05, 0.1) is 19.8 Å². The number of rotatable bonds is 5. The molecular weight excluding hydrogens is 246 g/mol. The topological polar surface area (TPSA) is 61.9 Å². The van der Waals surface area contributed by atoms with Crippen molar-refractivity contribution in [3.63, 3.8) is 0 Å². The first-order valence-corrected chi connectivity index (χ1v) is 7.10. The van der Waals surface area contributed by atoms with E-state index in [1.54, 1.807) is 4.90 Å². The number of amides is 2. The number of hydrogen-bond donors (Lipinski definition) is 1. The molecule has 108 valence electrons. The van der Waals surface area contributed by atoms with E-state index in [-0.39, 0.29) is 18.4 Å². The van der Waals surface area contributed by atoms with Crippen LogP contribution in [0.25, 0.3) is 0 Å². The fourth-order valence-corrected chi connectivity index (χ4v) is 2.44. The first-order valence-electron chi connectivity index (χ1n) is 7.10. The molecule has 2 saturated heterocycles. The summed E-state index contributed by atoms with van der Waals surface area (Å²) >= 11 is 0. The molecule has 0 unspecified atom stereocenters. The van der Waals surface area contributed by atoms with Crippen LogP contribution in [0.5, 0.6) is 0 Å². The molecule has 6 nitrogen and oxygen atoms in total. The van der Waals surface area contributed by atoms with E-state index in [0.717, 1.165) is 52.2 Å². The largest absolute Gasteiger partial charge is 0.379 e. The highest BCUT2D eigenvalue weighted by molar-refractivity contribution is 5.85. The zero-order valence-electron chi connectivity index (χ0n) is 11.4. The Balaban J connectivity index is 1.59. The Hall–Kier alpha value is -1.14. The van der Waals surface area contributed by atoms with Crippen molar-refractivity contribution in [1.82, 2.24) is 15.1 Å². The lowest BCUT2D eigenvalue weighted by Gasteiger charge is -2.27. The van der Waals surface area contributed by atoms with Gasteiger partial charge in [0.2, 0.25) is 11.8 Å². The summed E-state index contributed by atoms with van der Waals surface area (Å²) in [6.45, 7) is 5.83. The highest BCUT2D eigenvalue weighted by atomic mass is 16.5. The van der Waals surface area contributed by atoms with Gasteiger partial charge in [-0.05, 0) is 12.8 Å². The van der Waals surface area contributed by atoms with E-state index in [9.17, 15) is 9.59 Å².